The Hall–Kier alpha value is -2.57. The summed E-state index contributed by atoms with van der Waals surface area (Å²) in [6, 6.07) is 12.4. The number of benzene rings is 1. The number of aromatic nitrogens is 3. The lowest BCUT2D eigenvalue weighted by Gasteiger charge is -2.32. The third-order valence-electron chi connectivity index (χ3n) is 4.25. The molecule has 2 N–H and O–H groups in total. The lowest BCUT2D eigenvalue weighted by molar-refractivity contribution is -0.0350. The first-order chi connectivity index (χ1) is 11.8. The minimum atomic E-state index is -0.145. The SMILES string of the molecule is Nc1nccnc1[C@H]1CN(Cc2ccc3ccccc3n2)CCO1. The molecule has 1 saturated heterocycles. The van der Waals surface area contributed by atoms with Gasteiger partial charge in [0.05, 0.1) is 17.8 Å². The minimum absolute atomic E-state index is 0.145. The molecule has 0 bridgehead atoms. The Balaban J connectivity index is 1.50. The number of nitrogens with zero attached hydrogens (tertiary/aromatic N) is 4. The zero-order chi connectivity index (χ0) is 16.4. The maximum absolute atomic E-state index is 5.93. The molecule has 122 valence electrons. The van der Waals surface area contributed by atoms with Crippen LogP contribution in [0.1, 0.15) is 17.5 Å². The van der Waals surface area contributed by atoms with Gasteiger partial charge >= 0.3 is 0 Å². The van der Waals surface area contributed by atoms with E-state index in [4.69, 9.17) is 15.5 Å². The molecule has 0 unspecified atom stereocenters. The fourth-order valence-corrected chi connectivity index (χ4v) is 3.04. The number of morpholine rings is 1. The van der Waals surface area contributed by atoms with Crippen molar-refractivity contribution in [3.8, 4) is 0 Å². The fourth-order valence-electron chi connectivity index (χ4n) is 3.04. The second-order valence-electron chi connectivity index (χ2n) is 5.92. The van der Waals surface area contributed by atoms with Crippen LogP contribution in [0.2, 0.25) is 0 Å². The van der Waals surface area contributed by atoms with E-state index in [1.54, 1.807) is 12.4 Å². The Labute approximate surface area is 140 Å². The van der Waals surface area contributed by atoms with E-state index in [0.29, 0.717) is 18.1 Å². The van der Waals surface area contributed by atoms with E-state index >= 15 is 0 Å². The molecule has 3 aromatic rings. The topological polar surface area (TPSA) is 77.2 Å². The largest absolute Gasteiger partial charge is 0.382 e. The molecule has 6 nitrogen and oxygen atoms in total. The average molecular weight is 321 g/mol. The quantitative estimate of drug-likeness (QED) is 0.797. The fraction of sp³-hybridized carbons (Fsp3) is 0.278. The summed E-state index contributed by atoms with van der Waals surface area (Å²) in [5, 5.41) is 1.16. The van der Waals surface area contributed by atoms with Crippen molar-refractivity contribution in [3.63, 3.8) is 0 Å². The number of anilines is 1. The molecule has 0 aliphatic carbocycles. The summed E-state index contributed by atoms with van der Waals surface area (Å²) in [5.41, 5.74) is 8.73. The van der Waals surface area contributed by atoms with Gasteiger partial charge in [-0.2, -0.15) is 0 Å². The van der Waals surface area contributed by atoms with Crippen molar-refractivity contribution in [2.24, 2.45) is 0 Å². The molecule has 2 aromatic heterocycles. The molecule has 6 heteroatoms. The number of ether oxygens (including phenoxy) is 1. The number of nitrogens with two attached hydrogens (primary N) is 1. The zero-order valence-corrected chi connectivity index (χ0v) is 13.3. The van der Waals surface area contributed by atoms with Crippen LogP contribution in [0.5, 0.6) is 0 Å². The van der Waals surface area contributed by atoms with Crippen LogP contribution in [-0.4, -0.2) is 39.5 Å². The van der Waals surface area contributed by atoms with Gasteiger partial charge in [0, 0.05) is 37.4 Å². The number of rotatable bonds is 3. The van der Waals surface area contributed by atoms with Gasteiger partial charge in [-0.15, -0.1) is 0 Å². The van der Waals surface area contributed by atoms with Crippen LogP contribution in [0.3, 0.4) is 0 Å². The van der Waals surface area contributed by atoms with Crippen LogP contribution in [0.15, 0.2) is 48.8 Å². The highest BCUT2D eigenvalue weighted by Crippen LogP contribution is 2.24. The van der Waals surface area contributed by atoms with Crippen LogP contribution in [-0.2, 0) is 11.3 Å². The van der Waals surface area contributed by atoms with Gasteiger partial charge in [0.15, 0.2) is 0 Å². The Morgan fingerprint density at radius 3 is 2.92 bits per heavy atom. The summed E-state index contributed by atoms with van der Waals surface area (Å²) in [5.74, 6) is 0.438. The third kappa shape index (κ3) is 3.06. The molecule has 3 heterocycles. The van der Waals surface area contributed by atoms with Crippen molar-refractivity contribution in [2.45, 2.75) is 12.6 Å². The van der Waals surface area contributed by atoms with Gasteiger partial charge in [-0.25, -0.2) is 4.98 Å². The van der Waals surface area contributed by atoms with Gasteiger partial charge in [0.1, 0.15) is 17.6 Å². The number of nitrogen functional groups attached to an aromatic ring is 1. The molecular formula is C18H19N5O. The highest BCUT2D eigenvalue weighted by Gasteiger charge is 2.25. The molecule has 1 fully saturated rings. The van der Waals surface area contributed by atoms with Crippen LogP contribution in [0.4, 0.5) is 5.82 Å². The second kappa shape index (κ2) is 6.51. The molecule has 4 rings (SSSR count). The van der Waals surface area contributed by atoms with Gasteiger partial charge in [0.2, 0.25) is 0 Å². The van der Waals surface area contributed by atoms with Gasteiger partial charge in [0.25, 0.3) is 0 Å². The van der Waals surface area contributed by atoms with Gasteiger partial charge in [-0.1, -0.05) is 24.3 Å². The Morgan fingerprint density at radius 1 is 1.12 bits per heavy atom. The summed E-state index contributed by atoms with van der Waals surface area (Å²) in [6.45, 7) is 3.03. The van der Waals surface area contributed by atoms with E-state index < -0.39 is 0 Å². The first kappa shape index (κ1) is 15.0. The summed E-state index contributed by atoms with van der Waals surface area (Å²) >= 11 is 0. The molecule has 1 aromatic carbocycles. The molecule has 1 atom stereocenters. The van der Waals surface area contributed by atoms with Crippen molar-refractivity contribution >= 4 is 16.7 Å². The number of hydrogen-bond acceptors (Lipinski definition) is 6. The van der Waals surface area contributed by atoms with Gasteiger partial charge in [-0.05, 0) is 12.1 Å². The van der Waals surface area contributed by atoms with E-state index in [1.165, 1.54) is 0 Å². The molecular weight excluding hydrogens is 302 g/mol. The molecule has 0 spiro atoms. The van der Waals surface area contributed by atoms with Crippen molar-refractivity contribution in [2.75, 3.05) is 25.4 Å². The van der Waals surface area contributed by atoms with Gasteiger partial charge in [-0.3, -0.25) is 14.9 Å². The molecule has 1 aliphatic rings. The number of hydrogen-bond donors (Lipinski definition) is 1. The summed E-state index contributed by atoms with van der Waals surface area (Å²) in [7, 11) is 0. The van der Waals surface area contributed by atoms with Crippen molar-refractivity contribution < 1.29 is 4.74 Å². The second-order valence-corrected chi connectivity index (χ2v) is 5.92. The lowest BCUT2D eigenvalue weighted by atomic mass is 10.1. The average Bonchev–Trinajstić information content (AvgIpc) is 2.62. The first-order valence-corrected chi connectivity index (χ1v) is 8.04. The third-order valence-corrected chi connectivity index (χ3v) is 4.25. The zero-order valence-electron chi connectivity index (χ0n) is 13.3. The predicted molar refractivity (Wildman–Crippen MR) is 92.2 cm³/mol. The van der Waals surface area contributed by atoms with E-state index in [-0.39, 0.29) is 6.10 Å². The van der Waals surface area contributed by atoms with Crippen LogP contribution >= 0.6 is 0 Å². The minimum Gasteiger partial charge on any atom is -0.382 e. The highest BCUT2D eigenvalue weighted by molar-refractivity contribution is 5.78. The van der Waals surface area contributed by atoms with Gasteiger partial charge < -0.3 is 10.5 Å². The molecule has 0 radical (unpaired) electrons. The monoisotopic (exact) mass is 321 g/mol. The van der Waals surface area contributed by atoms with Crippen LogP contribution in [0, 0.1) is 0 Å². The smallest absolute Gasteiger partial charge is 0.147 e. The predicted octanol–water partition coefficient (Wildman–Crippen LogP) is 2.18. The number of fused-ring (bicyclic) bond motifs is 1. The standard InChI is InChI=1S/C18H19N5O/c19-18-17(20-7-8-21-18)16-12-23(9-10-24-16)11-14-6-5-13-3-1-2-4-15(13)22-14/h1-8,16H,9-12H2,(H2,19,21)/t16-/m1/s1. The van der Waals surface area contributed by atoms with Crippen LogP contribution < -0.4 is 5.73 Å². The lowest BCUT2D eigenvalue weighted by Crippen LogP contribution is -2.38. The van der Waals surface area contributed by atoms with Crippen molar-refractivity contribution in [1.29, 1.82) is 0 Å². The molecule has 24 heavy (non-hydrogen) atoms. The summed E-state index contributed by atoms with van der Waals surface area (Å²) in [4.78, 5) is 15.5. The van der Waals surface area contributed by atoms with Crippen molar-refractivity contribution in [3.05, 3.63) is 60.2 Å². The van der Waals surface area contributed by atoms with E-state index in [9.17, 15) is 0 Å². The number of para-hydroxylation sites is 1. The van der Waals surface area contributed by atoms with E-state index in [1.807, 2.05) is 18.2 Å². The first-order valence-electron chi connectivity index (χ1n) is 8.04. The Bertz CT molecular complexity index is 853. The maximum Gasteiger partial charge on any atom is 0.147 e. The van der Waals surface area contributed by atoms with Crippen LogP contribution in [0.25, 0.3) is 10.9 Å². The summed E-state index contributed by atoms with van der Waals surface area (Å²) in [6.07, 6.45) is 3.10. The Morgan fingerprint density at radius 2 is 2.00 bits per heavy atom. The highest BCUT2D eigenvalue weighted by atomic mass is 16.5. The Kier molecular flexibility index (Phi) is 4.06. The summed E-state index contributed by atoms with van der Waals surface area (Å²) < 4.78 is 5.84. The maximum atomic E-state index is 5.93. The molecule has 1 aliphatic heterocycles. The molecule has 0 amide bonds. The van der Waals surface area contributed by atoms with E-state index in [0.717, 1.165) is 36.2 Å². The number of pyridine rings is 1. The van der Waals surface area contributed by atoms with E-state index in [2.05, 4.69) is 33.1 Å². The van der Waals surface area contributed by atoms with Crippen molar-refractivity contribution in [1.82, 2.24) is 19.9 Å². The molecule has 0 saturated carbocycles. The normalized spacial score (nSPS) is 18.8.